The molecule has 0 atom stereocenters. The van der Waals surface area contributed by atoms with Crippen LogP contribution >= 0.6 is 0 Å². The van der Waals surface area contributed by atoms with Gasteiger partial charge in [0, 0.05) is 44.6 Å². The fourth-order valence-electron chi connectivity index (χ4n) is 4.06. The number of likely N-dealkylation sites (tertiary alicyclic amines) is 2. The van der Waals surface area contributed by atoms with Crippen molar-refractivity contribution in [2.24, 2.45) is 5.41 Å². The number of hydrogen-bond donors (Lipinski definition) is 0. The van der Waals surface area contributed by atoms with Crippen LogP contribution < -0.4 is 0 Å². The van der Waals surface area contributed by atoms with Crippen LogP contribution in [0.4, 0.5) is 0 Å². The van der Waals surface area contributed by atoms with Gasteiger partial charge in [0.1, 0.15) is 0 Å². The molecule has 2 aliphatic heterocycles. The quantitative estimate of drug-likeness (QED) is 0.694. The van der Waals surface area contributed by atoms with E-state index >= 15 is 0 Å². The maximum Gasteiger partial charge on any atom is 0.224 e. The van der Waals surface area contributed by atoms with Gasteiger partial charge in [-0.25, -0.2) is 0 Å². The van der Waals surface area contributed by atoms with Gasteiger partial charge in [-0.3, -0.25) is 9.59 Å². The molecule has 3 rings (SSSR count). The van der Waals surface area contributed by atoms with Gasteiger partial charge < -0.3 is 14.5 Å². The summed E-state index contributed by atoms with van der Waals surface area (Å²) in [4.78, 5) is 28.6. The summed E-state index contributed by atoms with van der Waals surface area (Å²) >= 11 is 0. The van der Waals surface area contributed by atoms with E-state index in [9.17, 15) is 9.59 Å². The van der Waals surface area contributed by atoms with Crippen molar-refractivity contribution in [3.05, 3.63) is 42.0 Å². The Morgan fingerprint density at radius 3 is 2.67 bits per heavy atom. The van der Waals surface area contributed by atoms with E-state index in [0.717, 1.165) is 38.0 Å². The fraction of sp³-hybridized carbons (Fsp3) is 0.545. The molecule has 0 unspecified atom stereocenters. The van der Waals surface area contributed by atoms with Gasteiger partial charge >= 0.3 is 0 Å². The molecule has 1 spiro atoms. The summed E-state index contributed by atoms with van der Waals surface area (Å²) in [5.74, 6) is 0.411. The highest BCUT2D eigenvalue weighted by atomic mass is 16.5. The second kappa shape index (κ2) is 9.18. The topological polar surface area (TPSA) is 49.9 Å². The van der Waals surface area contributed by atoms with Crippen LogP contribution in [0, 0.1) is 5.41 Å². The molecule has 27 heavy (non-hydrogen) atoms. The first-order valence-corrected chi connectivity index (χ1v) is 9.97. The standard InChI is InChI=1S/C22H30N2O3/c1-2-27-16-10-20(25)23-14-11-22(12-15-23)17-21(26)24(18-22)13-6-9-19-7-4-3-5-8-19/h3-9H,2,10-18H2,1H3. The van der Waals surface area contributed by atoms with E-state index in [1.807, 2.05) is 34.9 Å². The summed E-state index contributed by atoms with van der Waals surface area (Å²) in [6.07, 6.45) is 7.04. The summed E-state index contributed by atoms with van der Waals surface area (Å²) < 4.78 is 5.28. The Labute approximate surface area is 162 Å². The van der Waals surface area contributed by atoms with Crippen LogP contribution in [0.3, 0.4) is 0 Å². The Morgan fingerprint density at radius 1 is 1.22 bits per heavy atom. The van der Waals surface area contributed by atoms with Gasteiger partial charge in [0.15, 0.2) is 0 Å². The highest BCUT2D eigenvalue weighted by Crippen LogP contribution is 2.41. The van der Waals surface area contributed by atoms with Crippen LogP contribution in [0.15, 0.2) is 36.4 Å². The number of nitrogens with zero attached hydrogens (tertiary/aromatic N) is 2. The SMILES string of the molecule is CCOCCC(=O)N1CCC2(CC1)CC(=O)N(CC=Cc1ccccc1)C2. The average Bonchev–Trinajstić information content (AvgIpc) is 2.98. The van der Waals surface area contributed by atoms with E-state index in [-0.39, 0.29) is 17.2 Å². The van der Waals surface area contributed by atoms with Crippen LogP contribution in [-0.4, -0.2) is 61.0 Å². The van der Waals surface area contributed by atoms with Crippen molar-refractivity contribution < 1.29 is 14.3 Å². The van der Waals surface area contributed by atoms with Crippen LogP contribution in [0.5, 0.6) is 0 Å². The first kappa shape index (κ1) is 19.6. The van der Waals surface area contributed by atoms with Crippen molar-refractivity contribution in [3.8, 4) is 0 Å². The number of ether oxygens (including phenoxy) is 1. The monoisotopic (exact) mass is 370 g/mol. The number of amides is 2. The highest BCUT2D eigenvalue weighted by molar-refractivity contribution is 5.80. The lowest BCUT2D eigenvalue weighted by Gasteiger charge is -2.38. The zero-order chi connectivity index (χ0) is 19.1. The van der Waals surface area contributed by atoms with Gasteiger partial charge in [0.25, 0.3) is 0 Å². The Kier molecular flexibility index (Phi) is 6.67. The maximum atomic E-state index is 12.5. The van der Waals surface area contributed by atoms with Crippen molar-refractivity contribution in [2.75, 3.05) is 39.4 Å². The van der Waals surface area contributed by atoms with Crippen molar-refractivity contribution >= 4 is 17.9 Å². The lowest BCUT2D eigenvalue weighted by molar-refractivity contribution is -0.134. The smallest absolute Gasteiger partial charge is 0.224 e. The van der Waals surface area contributed by atoms with Crippen LogP contribution in [-0.2, 0) is 14.3 Å². The summed E-state index contributed by atoms with van der Waals surface area (Å²) in [6.45, 7) is 6.06. The Bertz CT molecular complexity index is 663. The molecular formula is C22H30N2O3. The summed E-state index contributed by atoms with van der Waals surface area (Å²) in [5.41, 5.74) is 1.20. The molecule has 0 bridgehead atoms. The second-order valence-electron chi connectivity index (χ2n) is 7.59. The van der Waals surface area contributed by atoms with Gasteiger partial charge in [0.2, 0.25) is 11.8 Å². The van der Waals surface area contributed by atoms with Crippen LogP contribution in [0.1, 0.15) is 38.2 Å². The Morgan fingerprint density at radius 2 is 1.96 bits per heavy atom. The summed E-state index contributed by atoms with van der Waals surface area (Å²) in [7, 11) is 0. The minimum absolute atomic E-state index is 0.0500. The fourth-order valence-corrected chi connectivity index (χ4v) is 4.06. The van der Waals surface area contributed by atoms with Gasteiger partial charge in [-0.15, -0.1) is 0 Å². The molecule has 0 N–H and O–H groups in total. The Balaban J connectivity index is 1.47. The van der Waals surface area contributed by atoms with Gasteiger partial charge in [0.05, 0.1) is 13.0 Å². The Hall–Kier alpha value is -2.14. The van der Waals surface area contributed by atoms with Crippen molar-refractivity contribution in [3.63, 3.8) is 0 Å². The second-order valence-corrected chi connectivity index (χ2v) is 7.59. The molecule has 2 aliphatic rings. The van der Waals surface area contributed by atoms with E-state index < -0.39 is 0 Å². The molecule has 2 fully saturated rings. The lowest BCUT2D eigenvalue weighted by Crippen LogP contribution is -2.44. The third-order valence-electron chi connectivity index (χ3n) is 5.68. The summed E-state index contributed by atoms with van der Waals surface area (Å²) in [5, 5.41) is 0. The van der Waals surface area contributed by atoms with Gasteiger partial charge in [-0.2, -0.15) is 0 Å². The number of rotatable bonds is 7. The normalized spacial score (nSPS) is 19.4. The largest absolute Gasteiger partial charge is 0.381 e. The first-order valence-electron chi connectivity index (χ1n) is 9.97. The van der Waals surface area contributed by atoms with Crippen LogP contribution in [0.2, 0.25) is 0 Å². The maximum absolute atomic E-state index is 12.5. The van der Waals surface area contributed by atoms with E-state index in [1.165, 1.54) is 0 Å². The van der Waals surface area contributed by atoms with Crippen LogP contribution in [0.25, 0.3) is 6.08 Å². The van der Waals surface area contributed by atoms with Gasteiger partial charge in [-0.1, -0.05) is 42.5 Å². The molecule has 2 saturated heterocycles. The van der Waals surface area contributed by atoms with Gasteiger partial charge in [-0.05, 0) is 25.3 Å². The molecule has 0 aliphatic carbocycles. The lowest BCUT2D eigenvalue weighted by atomic mass is 9.77. The third kappa shape index (κ3) is 5.19. The predicted octanol–water partition coefficient (Wildman–Crippen LogP) is 2.97. The number of carbonyl (C=O) groups excluding carboxylic acids is 2. The number of hydrogen-bond acceptors (Lipinski definition) is 3. The van der Waals surface area contributed by atoms with Crippen molar-refractivity contribution in [1.82, 2.24) is 9.80 Å². The predicted molar refractivity (Wildman–Crippen MR) is 106 cm³/mol. The summed E-state index contributed by atoms with van der Waals surface area (Å²) in [6, 6.07) is 10.1. The average molecular weight is 370 g/mol. The number of piperidine rings is 1. The molecule has 146 valence electrons. The molecule has 2 amide bonds. The molecular weight excluding hydrogens is 340 g/mol. The molecule has 1 aromatic carbocycles. The third-order valence-corrected chi connectivity index (χ3v) is 5.68. The number of benzene rings is 1. The molecule has 0 saturated carbocycles. The van der Waals surface area contributed by atoms with Crippen molar-refractivity contribution in [1.29, 1.82) is 0 Å². The molecule has 5 heteroatoms. The zero-order valence-corrected chi connectivity index (χ0v) is 16.2. The van der Waals surface area contributed by atoms with E-state index in [2.05, 4.69) is 24.3 Å². The minimum atomic E-state index is 0.0500. The van der Waals surface area contributed by atoms with E-state index in [1.54, 1.807) is 0 Å². The highest BCUT2D eigenvalue weighted by Gasteiger charge is 2.44. The van der Waals surface area contributed by atoms with E-state index in [4.69, 9.17) is 4.74 Å². The van der Waals surface area contributed by atoms with E-state index in [0.29, 0.717) is 32.6 Å². The first-order chi connectivity index (χ1) is 13.1. The molecule has 0 aromatic heterocycles. The van der Waals surface area contributed by atoms with Crippen molar-refractivity contribution in [2.45, 2.75) is 32.6 Å². The molecule has 2 heterocycles. The zero-order valence-electron chi connectivity index (χ0n) is 16.2. The molecule has 5 nitrogen and oxygen atoms in total. The molecule has 0 radical (unpaired) electrons. The molecule has 1 aromatic rings. The minimum Gasteiger partial charge on any atom is -0.381 e. The number of carbonyl (C=O) groups is 2.